The lowest BCUT2D eigenvalue weighted by Gasteiger charge is -2.25. The van der Waals surface area contributed by atoms with E-state index in [4.69, 9.17) is 9.15 Å². The molecule has 1 amide bonds. The number of thiazole rings is 1. The summed E-state index contributed by atoms with van der Waals surface area (Å²) in [5.74, 6) is 1.44. The van der Waals surface area contributed by atoms with Gasteiger partial charge >= 0.3 is 0 Å². The monoisotopic (exact) mass is 332 g/mol. The molecule has 6 heteroatoms. The summed E-state index contributed by atoms with van der Waals surface area (Å²) >= 11 is 1.52. The van der Waals surface area contributed by atoms with Crippen molar-refractivity contribution in [2.45, 2.75) is 31.7 Å². The molecule has 4 rings (SSSR count). The van der Waals surface area contributed by atoms with Crippen molar-refractivity contribution in [2.75, 3.05) is 19.8 Å². The number of aromatic nitrogens is 1. The summed E-state index contributed by atoms with van der Waals surface area (Å²) in [6, 6.07) is 4.17. The van der Waals surface area contributed by atoms with Gasteiger partial charge in [-0.3, -0.25) is 4.79 Å². The van der Waals surface area contributed by atoms with Crippen LogP contribution < -0.4 is 0 Å². The average Bonchev–Trinajstić information content (AvgIpc) is 3.02. The van der Waals surface area contributed by atoms with E-state index in [1.165, 1.54) is 11.3 Å². The zero-order chi connectivity index (χ0) is 15.6. The van der Waals surface area contributed by atoms with E-state index in [2.05, 4.69) is 9.88 Å². The van der Waals surface area contributed by atoms with E-state index in [1.807, 2.05) is 17.5 Å². The Bertz CT molecular complexity index is 657. The number of hydrogen-bond acceptors (Lipinski definition) is 5. The van der Waals surface area contributed by atoms with Gasteiger partial charge < -0.3 is 14.1 Å². The van der Waals surface area contributed by atoms with Crippen LogP contribution in [0.15, 0.2) is 28.2 Å². The molecule has 1 atom stereocenters. The fourth-order valence-electron chi connectivity index (χ4n) is 3.00. The summed E-state index contributed by atoms with van der Waals surface area (Å²) in [5, 5.41) is 2.79. The zero-order valence-corrected chi connectivity index (χ0v) is 13.8. The van der Waals surface area contributed by atoms with E-state index in [-0.39, 0.29) is 5.91 Å². The van der Waals surface area contributed by atoms with E-state index in [0.717, 1.165) is 55.5 Å². The number of hydrogen-bond donors (Lipinski definition) is 0. The topological polar surface area (TPSA) is 55.6 Å². The number of ether oxygens (including phenoxy) is 1. The Labute approximate surface area is 139 Å². The van der Waals surface area contributed by atoms with Crippen molar-refractivity contribution in [3.05, 3.63) is 29.5 Å². The summed E-state index contributed by atoms with van der Waals surface area (Å²) in [4.78, 5) is 19.3. The molecule has 2 fully saturated rings. The Kier molecular flexibility index (Phi) is 4.18. The normalized spacial score (nSPS) is 20.8. The minimum absolute atomic E-state index is 0.190. The van der Waals surface area contributed by atoms with Crippen LogP contribution in [0.2, 0.25) is 0 Å². The zero-order valence-electron chi connectivity index (χ0n) is 12.9. The molecular weight excluding hydrogens is 312 g/mol. The molecule has 3 heterocycles. The van der Waals surface area contributed by atoms with E-state index in [1.54, 1.807) is 6.26 Å². The van der Waals surface area contributed by atoms with Gasteiger partial charge in [-0.15, -0.1) is 11.3 Å². The first-order chi connectivity index (χ1) is 11.3. The molecule has 0 spiro atoms. The smallest absolute Gasteiger partial charge is 0.228 e. The standard InChI is InChI=1S/C17H20N2O3S/c20-16(19(14-3-4-14)9-12-5-7-21-10-12)8-13-11-23-17(18-13)15-2-1-6-22-15/h1-2,6,11-12,14H,3-5,7-10H2/t12-/m1/s1. The second-order valence-corrected chi connectivity index (χ2v) is 7.16. The number of furan rings is 1. The van der Waals surface area contributed by atoms with Gasteiger partial charge in [-0.05, 0) is 31.4 Å². The van der Waals surface area contributed by atoms with Crippen molar-refractivity contribution < 1.29 is 13.9 Å². The van der Waals surface area contributed by atoms with Gasteiger partial charge in [0.25, 0.3) is 0 Å². The molecule has 1 aliphatic heterocycles. The predicted octanol–water partition coefficient (Wildman–Crippen LogP) is 2.97. The van der Waals surface area contributed by atoms with Crippen molar-refractivity contribution in [1.29, 1.82) is 0 Å². The van der Waals surface area contributed by atoms with E-state index in [9.17, 15) is 4.79 Å². The summed E-state index contributed by atoms with van der Waals surface area (Å²) in [6.45, 7) is 2.45. The molecule has 0 radical (unpaired) electrons. The van der Waals surface area contributed by atoms with Crippen molar-refractivity contribution in [1.82, 2.24) is 9.88 Å². The van der Waals surface area contributed by atoms with Gasteiger partial charge in [0.15, 0.2) is 10.8 Å². The highest BCUT2D eigenvalue weighted by Gasteiger charge is 2.34. The number of carbonyl (C=O) groups is 1. The Balaban J connectivity index is 1.41. The maximum atomic E-state index is 12.7. The first-order valence-corrected chi connectivity index (χ1v) is 9.03. The third-order valence-electron chi connectivity index (χ3n) is 4.40. The van der Waals surface area contributed by atoms with Crippen molar-refractivity contribution in [3.8, 4) is 10.8 Å². The number of nitrogens with zero attached hydrogens (tertiary/aromatic N) is 2. The van der Waals surface area contributed by atoms with Crippen LogP contribution in [-0.4, -0.2) is 41.6 Å². The lowest BCUT2D eigenvalue weighted by molar-refractivity contribution is -0.131. The first kappa shape index (κ1) is 14.9. The van der Waals surface area contributed by atoms with Gasteiger partial charge in [0.1, 0.15) is 0 Å². The molecule has 5 nitrogen and oxygen atoms in total. The van der Waals surface area contributed by atoms with Gasteiger partial charge in [-0.1, -0.05) is 0 Å². The first-order valence-electron chi connectivity index (χ1n) is 8.15. The van der Waals surface area contributed by atoms with Crippen LogP contribution in [0.5, 0.6) is 0 Å². The fraction of sp³-hybridized carbons (Fsp3) is 0.529. The van der Waals surface area contributed by atoms with Crippen LogP contribution in [0.3, 0.4) is 0 Å². The highest BCUT2D eigenvalue weighted by atomic mass is 32.1. The Morgan fingerprint density at radius 3 is 3.00 bits per heavy atom. The van der Waals surface area contributed by atoms with Gasteiger partial charge in [0, 0.05) is 30.5 Å². The molecule has 0 bridgehead atoms. The average molecular weight is 332 g/mol. The van der Waals surface area contributed by atoms with Gasteiger partial charge in [0.05, 0.1) is 25.0 Å². The van der Waals surface area contributed by atoms with Crippen molar-refractivity contribution >= 4 is 17.2 Å². The molecule has 0 unspecified atom stereocenters. The molecule has 122 valence electrons. The van der Waals surface area contributed by atoms with Gasteiger partial charge in [-0.25, -0.2) is 4.98 Å². The fourth-order valence-corrected chi connectivity index (χ4v) is 3.79. The van der Waals surface area contributed by atoms with Crippen LogP contribution in [0.4, 0.5) is 0 Å². The number of carbonyl (C=O) groups excluding carboxylic acids is 1. The summed E-state index contributed by atoms with van der Waals surface area (Å²) < 4.78 is 10.8. The van der Waals surface area contributed by atoms with E-state index < -0.39 is 0 Å². The lowest BCUT2D eigenvalue weighted by atomic mass is 10.1. The highest BCUT2D eigenvalue weighted by Crippen LogP contribution is 2.30. The Hall–Kier alpha value is -1.66. The van der Waals surface area contributed by atoms with Crippen LogP contribution >= 0.6 is 11.3 Å². The molecule has 1 saturated heterocycles. The minimum Gasteiger partial charge on any atom is -0.462 e. The summed E-state index contributed by atoms with van der Waals surface area (Å²) in [6.07, 6.45) is 5.35. The maximum absolute atomic E-state index is 12.7. The quantitative estimate of drug-likeness (QED) is 0.816. The minimum atomic E-state index is 0.190. The molecule has 1 aliphatic carbocycles. The van der Waals surface area contributed by atoms with Gasteiger partial charge in [-0.2, -0.15) is 0 Å². The second kappa shape index (κ2) is 6.45. The van der Waals surface area contributed by atoms with Crippen molar-refractivity contribution in [2.24, 2.45) is 5.92 Å². The highest BCUT2D eigenvalue weighted by molar-refractivity contribution is 7.13. The molecule has 23 heavy (non-hydrogen) atoms. The molecule has 0 aromatic carbocycles. The third kappa shape index (κ3) is 3.48. The molecular formula is C17H20N2O3S. The molecule has 1 saturated carbocycles. The van der Waals surface area contributed by atoms with Crippen molar-refractivity contribution in [3.63, 3.8) is 0 Å². The van der Waals surface area contributed by atoms with Crippen LogP contribution in [0, 0.1) is 5.92 Å². The van der Waals surface area contributed by atoms with E-state index >= 15 is 0 Å². The predicted molar refractivity (Wildman–Crippen MR) is 87.2 cm³/mol. The van der Waals surface area contributed by atoms with Crippen LogP contribution in [0.1, 0.15) is 25.0 Å². The largest absolute Gasteiger partial charge is 0.462 e. The van der Waals surface area contributed by atoms with E-state index in [0.29, 0.717) is 18.4 Å². The summed E-state index contributed by atoms with van der Waals surface area (Å²) in [5.41, 5.74) is 0.833. The van der Waals surface area contributed by atoms with Crippen LogP contribution in [0.25, 0.3) is 10.8 Å². The Morgan fingerprint density at radius 1 is 1.39 bits per heavy atom. The number of rotatable bonds is 6. The molecule has 2 aliphatic rings. The third-order valence-corrected chi connectivity index (χ3v) is 5.31. The van der Waals surface area contributed by atoms with Gasteiger partial charge in [0.2, 0.25) is 5.91 Å². The Morgan fingerprint density at radius 2 is 2.30 bits per heavy atom. The second-order valence-electron chi connectivity index (χ2n) is 6.30. The molecule has 2 aromatic heterocycles. The number of amides is 1. The maximum Gasteiger partial charge on any atom is 0.228 e. The van der Waals surface area contributed by atoms with Crippen LogP contribution in [-0.2, 0) is 16.0 Å². The molecule has 0 N–H and O–H groups in total. The summed E-state index contributed by atoms with van der Waals surface area (Å²) in [7, 11) is 0. The lowest BCUT2D eigenvalue weighted by Crippen LogP contribution is -2.38. The molecule has 2 aromatic rings. The SMILES string of the molecule is O=C(Cc1csc(-c2ccco2)n1)N(C[C@H]1CCOC1)C1CC1.